The van der Waals surface area contributed by atoms with Gasteiger partial charge in [0.2, 0.25) is 17.7 Å². The highest BCUT2D eigenvalue weighted by Gasteiger charge is 2.28. The van der Waals surface area contributed by atoms with Crippen molar-refractivity contribution in [3.05, 3.63) is 70.8 Å². The smallest absolute Gasteiger partial charge is 0.414 e. The molecule has 2 heterocycles. The molecule has 1 fully saturated rings. The fourth-order valence-corrected chi connectivity index (χ4v) is 4.85. The maximum atomic E-state index is 14.0. The molecule has 240 valence electrons. The number of rotatable bonds is 11. The number of halogens is 3. The van der Waals surface area contributed by atoms with E-state index in [1.54, 1.807) is 12.1 Å². The number of amides is 4. The molecule has 0 saturated carbocycles. The topological polar surface area (TPSA) is 158 Å². The number of hydrogen-bond donors (Lipinski definition) is 3. The fraction of sp³-hybridized carbons (Fsp3) is 0.345. The average molecular weight is 649 g/mol. The monoisotopic (exact) mass is 648 g/mol. The molecule has 1 saturated heterocycles. The van der Waals surface area contributed by atoms with Crippen LogP contribution in [0, 0.1) is 11.6 Å². The number of nitrogens with one attached hydrogen (secondary N) is 2. The molecule has 1 aliphatic rings. The van der Waals surface area contributed by atoms with Crippen LogP contribution in [0.3, 0.4) is 0 Å². The van der Waals surface area contributed by atoms with E-state index < -0.39 is 35.8 Å². The molecular weight excluding hydrogens is 618 g/mol. The van der Waals surface area contributed by atoms with Crippen molar-refractivity contribution in [3.8, 4) is 11.3 Å². The lowest BCUT2D eigenvalue weighted by molar-refractivity contribution is -0.139. The van der Waals surface area contributed by atoms with Crippen molar-refractivity contribution in [3.63, 3.8) is 0 Å². The van der Waals surface area contributed by atoms with Crippen molar-refractivity contribution in [1.29, 1.82) is 0 Å². The summed E-state index contributed by atoms with van der Waals surface area (Å²) in [6, 6.07) is 10.4. The molecule has 3 aromatic rings. The van der Waals surface area contributed by atoms with Crippen molar-refractivity contribution < 1.29 is 42.3 Å². The molecule has 0 bridgehead atoms. The van der Waals surface area contributed by atoms with E-state index in [2.05, 4.69) is 15.9 Å². The van der Waals surface area contributed by atoms with E-state index in [1.165, 1.54) is 58.1 Å². The molecule has 3 N–H and O–H groups in total. The fourth-order valence-electron chi connectivity index (χ4n) is 4.66. The van der Waals surface area contributed by atoms with E-state index in [4.69, 9.17) is 26.0 Å². The zero-order valence-corrected chi connectivity index (χ0v) is 24.9. The van der Waals surface area contributed by atoms with E-state index in [0.29, 0.717) is 11.1 Å². The second-order valence-corrected chi connectivity index (χ2v) is 10.5. The lowest BCUT2D eigenvalue weighted by Crippen LogP contribution is -2.52. The SMILES string of the molecule is CC(=O)N(NCc1cccc(F)c1Cl)[C@@H](CCC(=O)N1CCN(C(=O)O)CC1)COC(=O)Nc1cc(-c2cccc(F)c2)no1. The molecule has 0 aliphatic carbocycles. The summed E-state index contributed by atoms with van der Waals surface area (Å²) in [6.07, 6.45) is -2.00. The van der Waals surface area contributed by atoms with Gasteiger partial charge < -0.3 is 24.2 Å². The summed E-state index contributed by atoms with van der Waals surface area (Å²) in [5.74, 6) is -1.93. The minimum Gasteiger partial charge on any atom is -0.465 e. The summed E-state index contributed by atoms with van der Waals surface area (Å²) in [5, 5.41) is 16.4. The minimum absolute atomic E-state index is 0.0476. The summed E-state index contributed by atoms with van der Waals surface area (Å²) in [7, 11) is 0. The van der Waals surface area contributed by atoms with Crippen LogP contribution in [0.1, 0.15) is 25.3 Å². The highest BCUT2D eigenvalue weighted by atomic mass is 35.5. The average Bonchev–Trinajstić information content (AvgIpc) is 3.48. The highest BCUT2D eigenvalue weighted by molar-refractivity contribution is 6.31. The predicted molar refractivity (Wildman–Crippen MR) is 157 cm³/mol. The van der Waals surface area contributed by atoms with Crippen molar-refractivity contribution in [2.24, 2.45) is 0 Å². The van der Waals surface area contributed by atoms with Crippen LogP contribution in [-0.4, -0.2) is 87.9 Å². The number of piperazine rings is 1. The van der Waals surface area contributed by atoms with Gasteiger partial charge in [-0.1, -0.05) is 41.0 Å². The van der Waals surface area contributed by atoms with E-state index >= 15 is 0 Å². The molecule has 2 aromatic carbocycles. The number of anilines is 1. The normalized spacial score (nSPS) is 13.7. The lowest BCUT2D eigenvalue weighted by atomic mass is 10.1. The first-order valence-corrected chi connectivity index (χ1v) is 14.3. The van der Waals surface area contributed by atoms with Crippen LogP contribution < -0.4 is 10.7 Å². The summed E-state index contributed by atoms with van der Waals surface area (Å²) >= 11 is 6.06. The molecule has 13 nitrogen and oxygen atoms in total. The largest absolute Gasteiger partial charge is 0.465 e. The van der Waals surface area contributed by atoms with Gasteiger partial charge in [0.05, 0.1) is 11.1 Å². The Bertz CT molecular complexity index is 1530. The first kappa shape index (κ1) is 33.1. The van der Waals surface area contributed by atoms with Gasteiger partial charge >= 0.3 is 12.2 Å². The maximum absolute atomic E-state index is 14.0. The van der Waals surface area contributed by atoms with Crippen molar-refractivity contribution >= 4 is 41.5 Å². The van der Waals surface area contributed by atoms with Crippen LogP contribution in [0.4, 0.5) is 24.3 Å². The Morgan fingerprint density at radius 1 is 1.09 bits per heavy atom. The van der Waals surface area contributed by atoms with Crippen LogP contribution in [-0.2, 0) is 20.9 Å². The number of ether oxygens (including phenoxy) is 1. The number of nitrogens with zero attached hydrogens (tertiary/aromatic N) is 4. The molecule has 16 heteroatoms. The molecule has 1 aliphatic heterocycles. The van der Waals surface area contributed by atoms with E-state index in [1.807, 2.05) is 0 Å². The molecule has 1 atom stereocenters. The van der Waals surface area contributed by atoms with E-state index in [-0.39, 0.29) is 74.7 Å². The van der Waals surface area contributed by atoms with Gasteiger partial charge in [-0.25, -0.2) is 23.8 Å². The van der Waals surface area contributed by atoms with Gasteiger partial charge in [0.15, 0.2) is 0 Å². The zero-order chi connectivity index (χ0) is 32.5. The van der Waals surface area contributed by atoms with Gasteiger partial charge in [0.1, 0.15) is 23.9 Å². The van der Waals surface area contributed by atoms with Crippen molar-refractivity contribution in [2.75, 3.05) is 38.1 Å². The first-order chi connectivity index (χ1) is 21.5. The van der Waals surface area contributed by atoms with Gasteiger partial charge in [0, 0.05) is 57.7 Å². The van der Waals surface area contributed by atoms with E-state index in [0.717, 1.165) is 0 Å². The molecular formula is C29H31ClF2N6O7. The van der Waals surface area contributed by atoms with Gasteiger partial charge in [-0.3, -0.25) is 19.9 Å². The summed E-state index contributed by atoms with van der Waals surface area (Å²) in [4.78, 5) is 52.2. The second-order valence-electron chi connectivity index (χ2n) is 10.1. The van der Waals surface area contributed by atoms with Crippen LogP contribution in [0.15, 0.2) is 53.1 Å². The van der Waals surface area contributed by atoms with Crippen molar-refractivity contribution in [1.82, 2.24) is 25.4 Å². The molecule has 4 rings (SSSR count). The van der Waals surface area contributed by atoms with Gasteiger partial charge in [-0.15, -0.1) is 0 Å². The molecule has 0 spiro atoms. The Morgan fingerprint density at radius 2 is 1.80 bits per heavy atom. The number of carbonyl (C=O) groups is 4. The Kier molecular flexibility index (Phi) is 11.3. The third-order valence-corrected chi connectivity index (χ3v) is 7.46. The highest BCUT2D eigenvalue weighted by Crippen LogP contribution is 2.23. The number of carboxylic acid groups (broad SMARTS) is 1. The third-order valence-electron chi connectivity index (χ3n) is 7.03. The van der Waals surface area contributed by atoms with Crippen LogP contribution in [0.25, 0.3) is 11.3 Å². The second kappa shape index (κ2) is 15.3. The van der Waals surface area contributed by atoms with Gasteiger partial charge in [-0.2, -0.15) is 0 Å². The van der Waals surface area contributed by atoms with Crippen LogP contribution in [0.2, 0.25) is 5.02 Å². The maximum Gasteiger partial charge on any atom is 0.414 e. The van der Waals surface area contributed by atoms with Gasteiger partial charge in [-0.05, 0) is 30.2 Å². The Hall–Kier alpha value is -4.76. The first-order valence-electron chi connectivity index (χ1n) is 13.9. The van der Waals surface area contributed by atoms with Gasteiger partial charge in [0.25, 0.3) is 0 Å². The Balaban J connectivity index is 1.41. The van der Waals surface area contributed by atoms with E-state index in [9.17, 15) is 28.0 Å². The summed E-state index contributed by atoms with van der Waals surface area (Å²) < 4.78 is 38.0. The molecule has 0 radical (unpaired) electrons. The minimum atomic E-state index is -1.06. The number of hydrogen-bond acceptors (Lipinski definition) is 8. The number of carbonyl (C=O) groups excluding carboxylic acids is 3. The number of hydrazine groups is 1. The molecule has 45 heavy (non-hydrogen) atoms. The Labute approximate surface area is 261 Å². The third kappa shape index (κ3) is 9.12. The van der Waals surface area contributed by atoms with Crippen molar-refractivity contribution in [2.45, 2.75) is 32.4 Å². The zero-order valence-electron chi connectivity index (χ0n) is 24.2. The molecule has 4 amide bonds. The molecule has 0 unspecified atom stereocenters. The standard InChI is InChI=1S/C29H31ClF2N6O7/c1-18(39)38(33-16-20-5-3-7-23(32)27(20)30)22(8-9-26(40)36-10-12-37(13-11-36)29(42)43)17-44-28(41)34-25-15-24(35-45-25)19-4-2-6-21(31)14-19/h2-7,14-15,22,33H,8-13,16-17H2,1H3,(H,34,41)(H,42,43)/t22-/m0/s1. The number of aromatic nitrogens is 1. The molecule has 1 aromatic heterocycles. The summed E-state index contributed by atoms with van der Waals surface area (Å²) in [5.41, 5.74) is 3.96. The van der Waals surface area contributed by atoms with Crippen LogP contribution >= 0.6 is 11.6 Å². The Morgan fingerprint density at radius 3 is 2.49 bits per heavy atom. The lowest BCUT2D eigenvalue weighted by Gasteiger charge is -2.34. The predicted octanol–water partition coefficient (Wildman–Crippen LogP) is 4.35. The summed E-state index contributed by atoms with van der Waals surface area (Å²) in [6.45, 7) is 1.64. The number of benzene rings is 2. The van der Waals surface area contributed by atoms with Crippen LogP contribution in [0.5, 0.6) is 0 Å². The quantitative estimate of drug-likeness (QED) is 0.257.